The molecule has 4 rings (SSSR count). The van der Waals surface area contributed by atoms with E-state index in [0.29, 0.717) is 24.4 Å². The summed E-state index contributed by atoms with van der Waals surface area (Å²) in [5, 5.41) is 3.74. The SMILES string of the molecule is Cc1ccc(S(=O)(=O)N2CCC[C@H](C(=O)Nc3ccccc3SCc3ccc(Cl)cc3)C2)cc1. The van der Waals surface area contributed by atoms with Crippen molar-refractivity contribution in [2.75, 3.05) is 18.4 Å². The molecule has 0 spiro atoms. The normalized spacial score (nSPS) is 16.8. The lowest BCUT2D eigenvalue weighted by Gasteiger charge is -2.31. The first-order chi connectivity index (χ1) is 16.3. The molecule has 1 atom stereocenters. The fraction of sp³-hybridized carbons (Fsp3) is 0.269. The molecule has 0 aromatic heterocycles. The molecule has 178 valence electrons. The molecule has 3 aromatic rings. The van der Waals surface area contributed by atoms with Gasteiger partial charge >= 0.3 is 0 Å². The number of amides is 1. The van der Waals surface area contributed by atoms with Crippen molar-refractivity contribution in [2.24, 2.45) is 5.92 Å². The van der Waals surface area contributed by atoms with E-state index in [1.807, 2.05) is 55.5 Å². The number of rotatable bonds is 7. The van der Waals surface area contributed by atoms with Gasteiger partial charge in [0.25, 0.3) is 0 Å². The van der Waals surface area contributed by atoms with E-state index in [1.54, 1.807) is 36.0 Å². The number of thioether (sulfide) groups is 1. The number of anilines is 1. The average Bonchev–Trinajstić information content (AvgIpc) is 2.85. The summed E-state index contributed by atoms with van der Waals surface area (Å²) >= 11 is 7.60. The van der Waals surface area contributed by atoms with Crippen molar-refractivity contribution in [1.82, 2.24) is 4.31 Å². The molecule has 34 heavy (non-hydrogen) atoms. The van der Waals surface area contributed by atoms with Crippen LogP contribution in [-0.4, -0.2) is 31.7 Å². The van der Waals surface area contributed by atoms with E-state index < -0.39 is 15.9 Å². The van der Waals surface area contributed by atoms with Crippen molar-refractivity contribution in [3.63, 3.8) is 0 Å². The molecular weight excluding hydrogens is 488 g/mol. The van der Waals surface area contributed by atoms with Crippen molar-refractivity contribution in [1.29, 1.82) is 0 Å². The third-order valence-corrected chi connectivity index (χ3v) is 9.14. The van der Waals surface area contributed by atoms with Crippen LogP contribution in [-0.2, 0) is 20.6 Å². The first kappa shape index (κ1) is 24.8. The third-order valence-electron chi connectivity index (χ3n) is 5.87. The molecule has 5 nitrogen and oxygen atoms in total. The molecule has 8 heteroatoms. The average molecular weight is 515 g/mol. The number of nitrogens with zero attached hydrogens (tertiary/aromatic N) is 1. The van der Waals surface area contributed by atoms with Gasteiger partial charge in [0.2, 0.25) is 15.9 Å². The predicted molar refractivity (Wildman–Crippen MR) is 139 cm³/mol. The van der Waals surface area contributed by atoms with Crippen LogP contribution >= 0.6 is 23.4 Å². The lowest BCUT2D eigenvalue weighted by atomic mass is 9.99. The molecule has 0 bridgehead atoms. The number of nitrogens with one attached hydrogen (secondary N) is 1. The van der Waals surface area contributed by atoms with Crippen LogP contribution in [0.4, 0.5) is 5.69 Å². The molecule has 0 aliphatic carbocycles. The van der Waals surface area contributed by atoms with E-state index >= 15 is 0 Å². The maximum Gasteiger partial charge on any atom is 0.243 e. The zero-order valence-corrected chi connectivity index (χ0v) is 21.3. The zero-order valence-electron chi connectivity index (χ0n) is 18.9. The Balaban J connectivity index is 1.42. The number of hydrogen-bond acceptors (Lipinski definition) is 4. The summed E-state index contributed by atoms with van der Waals surface area (Å²) in [4.78, 5) is 14.4. The van der Waals surface area contributed by atoms with Gasteiger partial charge in [-0.05, 0) is 61.7 Å². The summed E-state index contributed by atoms with van der Waals surface area (Å²) in [7, 11) is -3.63. The van der Waals surface area contributed by atoms with E-state index in [9.17, 15) is 13.2 Å². The van der Waals surface area contributed by atoms with Crippen LogP contribution in [0.1, 0.15) is 24.0 Å². The summed E-state index contributed by atoms with van der Waals surface area (Å²) in [6.45, 7) is 2.53. The number of para-hydroxylation sites is 1. The summed E-state index contributed by atoms with van der Waals surface area (Å²) in [5.41, 5.74) is 2.88. The minimum atomic E-state index is -3.63. The van der Waals surface area contributed by atoms with Gasteiger partial charge in [0.05, 0.1) is 16.5 Å². The Bertz CT molecular complexity index is 1250. The Morgan fingerprint density at radius 1 is 1.06 bits per heavy atom. The Kier molecular flexibility index (Phi) is 7.99. The second kappa shape index (κ2) is 11.0. The predicted octanol–water partition coefficient (Wildman–Crippen LogP) is 5.98. The van der Waals surface area contributed by atoms with Crippen LogP contribution in [0.15, 0.2) is 82.6 Å². The monoisotopic (exact) mass is 514 g/mol. The quantitative estimate of drug-likeness (QED) is 0.394. The third kappa shape index (κ3) is 6.02. The van der Waals surface area contributed by atoms with Gasteiger partial charge in [-0.2, -0.15) is 4.31 Å². The number of piperidine rings is 1. The number of carbonyl (C=O) groups excluding carboxylic acids is 1. The molecule has 3 aromatic carbocycles. The largest absolute Gasteiger partial charge is 0.325 e. The van der Waals surface area contributed by atoms with Gasteiger partial charge in [0, 0.05) is 28.8 Å². The first-order valence-corrected chi connectivity index (χ1v) is 14.0. The number of sulfonamides is 1. The number of hydrogen-bond donors (Lipinski definition) is 1. The molecule has 1 amide bonds. The van der Waals surface area contributed by atoms with Crippen molar-refractivity contribution in [2.45, 2.75) is 35.3 Å². The molecule has 1 fully saturated rings. The van der Waals surface area contributed by atoms with Gasteiger partial charge in [-0.3, -0.25) is 4.79 Å². The molecule has 0 unspecified atom stereocenters. The summed E-state index contributed by atoms with van der Waals surface area (Å²) in [5.74, 6) is 0.197. The first-order valence-electron chi connectivity index (χ1n) is 11.2. The Hall–Kier alpha value is -2.32. The van der Waals surface area contributed by atoms with Crippen molar-refractivity contribution in [3.05, 3.63) is 88.9 Å². The molecule has 1 aliphatic rings. The van der Waals surface area contributed by atoms with E-state index in [-0.39, 0.29) is 17.3 Å². The van der Waals surface area contributed by atoms with Gasteiger partial charge in [-0.25, -0.2) is 8.42 Å². The lowest BCUT2D eigenvalue weighted by molar-refractivity contribution is -0.120. The van der Waals surface area contributed by atoms with E-state index in [4.69, 9.17) is 11.6 Å². The second-order valence-electron chi connectivity index (χ2n) is 8.42. The zero-order chi connectivity index (χ0) is 24.1. The van der Waals surface area contributed by atoms with Crippen LogP contribution in [0, 0.1) is 12.8 Å². The number of carbonyl (C=O) groups is 1. The smallest absolute Gasteiger partial charge is 0.243 e. The highest BCUT2D eigenvalue weighted by Crippen LogP contribution is 2.31. The minimum Gasteiger partial charge on any atom is -0.325 e. The van der Waals surface area contributed by atoms with Gasteiger partial charge in [0.1, 0.15) is 0 Å². The van der Waals surface area contributed by atoms with E-state index in [0.717, 1.165) is 27.5 Å². The molecule has 1 saturated heterocycles. The standard InChI is InChI=1S/C26H27ClN2O3S2/c1-19-8-14-23(15-9-19)34(31,32)29-16-4-5-21(17-29)26(30)28-24-6-2-3-7-25(24)33-18-20-10-12-22(27)13-11-20/h2-3,6-15,21H,4-5,16-18H2,1H3,(H,28,30)/t21-/m0/s1. The second-order valence-corrected chi connectivity index (χ2v) is 11.8. The molecule has 0 radical (unpaired) electrons. The maximum atomic E-state index is 13.1. The molecule has 0 saturated carbocycles. The Labute approximate surface area is 210 Å². The highest BCUT2D eigenvalue weighted by molar-refractivity contribution is 7.98. The van der Waals surface area contributed by atoms with Gasteiger partial charge < -0.3 is 5.32 Å². The van der Waals surface area contributed by atoms with Crippen LogP contribution in [0.2, 0.25) is 5.02 Å². The Morgan fingerprint density at radius 2 is 1.76 bits per heavy atom. The van der Waals surface area contributed by atoms with Crippen LogP contribution in [0.25, 0.3) is 0 Å². The van der Waals surface area contributed by atoms with Crippen molar-refractivity contribution < 1.29 is 13.2 Å². The maximum absolute atomic E-state index is 13.1. The fourth-order valence-corrected chi connectivity index (χ4v) is 6.52. The summed E-state index contributed by atoms with van der Waals surface area (Å²) < 4.78 is 27.6. The number of benzene rings is 3. The topological polar surface area (TPSA) is 66.5 Å². The minimum absolute atomic E-state index is 0.150. The number of aryl methyl sites for hydroxylation is 1. The molecule has 1 N–H and O–H groups in total. The highest BCUT2D eigenvalue weighted by atomic mass is 35.5. The molecule has 1 heterocycles. The van der Waals surface area contributed by atoms with Crippen LogP contribution in [0.5, 0.6) is 0 Å². The summed E-state index contributed by atoms with van der Waals surface area (Å²) in [6.07, 6.45) is 1.31. The van der Waals surface area contributed by atoms with Crippen LogP contribution in [0.3, 0.4) is 0 Å². The van der Waals surface area contributed by atoms with Crippen molar-refractivity contribution >= 4 is 45.0 Å². The fourth-order valence-electron chi connectivity index (χ4n) is 3.91. The lowest BCUT2D eigenvalue weighted by Crippen LogP contribution is -2.43. The molecular formula is C26H27ClN2O3S2. The Morgan fingerprint density at radius 3 is 2.50 bits per heavy atom. The molecule has 1 aliphatic heterocycles. The number of halogens is 1. The van der Waals surface area contributed by atoms with Gasteiger partial charge in [-0.15, -0.1) is 11.8 Å². The highest BCUT2D eigenvalue weighted by Gasteiger charge is 2.33. The van der Waals surface area contributed by atoms with E-state index in [2.05, 4.69) is 5.32 Å². The van der Waals surface area contributed by atoms with Crippen LogP contribution < -0.4 is 5.32 Å². The van der Waals surface area contributed by atoms with Crippen molar-refractivity contribution in [3.8, 4) is 0 Å². The summed E-state index contributed by atoms with van der Waals surface area (Å²) in [6, 6.07) is 22.2. The van der Waals surface area contributed by atoms with Gasteiger partial charge in [-0.1, -0.05) is 53.6 Å². The van der Waals surface area contributed by atoms with E-state index in [1.165, 1.54) is 4.31 Å². The van der Waals surface area contributed by atoms with Gasteiger partial charge in [0.15, 0.2) is 0 Å².